The van der Waals surface area contributed by atoms with E-state index in [0.29, 0.717) is 0 Å². The predicted octanol–water partition coefficient (Wildman–Crippen LogP) is 14.0. The number of rotatable bonds is 6. The van der Waals surface area contributed by atoms with Crippen molar-refractivity contribution in [3.8, 4) is 39.1 Å². The maximum atomic E-state index is 2.57. The second-order valence-electron chi connectivity index (χ2n) is 15.1. The fraction of sp³-hybridized carbons (Fsp3) is 0.0741. The Balaban J connectivity index is 1.01. The molecule has 1 aliphatic heterocycles. The molecule has 0 amide bonds. The standard InChI is InChI=1S/C54H40N2/c1-3-14-37(15-4-1)39-26-28-41(29-27-39)43-18-13-19-44(36-43)55-49-24-11-8-21-46(49)53-51(55)34-35-52-54(53)47-22-9-12-25-50(47)56(52)48-23-10-7-20-45(48)42-32-30-40(31-33-42)38-16-5-2-6-17-38/h2-3,5-36,51,53H,1,4H2. The number of allylic oxidation sites excluding steroid dienone is 4. The van der Waals surface area contributed by atoms with Crippen molar-refractivity contribution in [2.24, 2.45) is 0 Å². The largest absolute Gasteiger partial charge is 0.333 e. The molecule has 3 aliphatic rings. The fourth-order valence-corrected chi connectivity index (χ4v) is 9.43. The quantitative estimate of drug-likeness (QED) is 0.166. The maximum absolute atomic E-state index is 2.57. The Hall–Kier alpha value is -6.90. The van der Waals surface area contributed by atoms with E-state index in [0.717, 1.165) is 12.8 Å². The van der Waals surface area contributed by atoms with Gasteiger partial charge in [-0.3, -0.25) is 0 Å². The topological polar surface area (TPSA) is 8.17 Å². The van der Waals surface area contributed by atoms with E-state index in [1.807, 2.05) is 0 Å². The average molecular weight is 717 g/mol. The van der Waals surface area contributed by atoms with Crippen LogP contribution in [-0.2, 0) is 0 Å². The summed E-state index contributed by atoms with van der Waals surface area (Å²) >= 11 is 0. The molecule has 2 heterocycles. The molecule has 0 fully saturated rings. The van der Waals surface area contributed by atoms with Gasteiger partial charge in [-0.15, -0.1) is 0 Å². The Morgan fingerprint density at radius 3 is 1.96 bits per heavy atom. The van der Waals surface area contributed by atoms with Crippen LogP contribution in [0.4, 0.5) is 11.4 Å². The predicted molar refractivity (Wildman–Crippen MR) is 236 cm³/mol. The van der Waals surface area contributed by atoms with Crippen LogP contribution in [0.3, 0.4) is 0 Å². The lowest BCUT2D eigenvalue weighted by molar-refractivity contribution is 0.725. The van der Waals surface area contributed by atoms with Gasteiger partial charge in [0.1, 0.15) is 0 Å². The summed E-state index contributed by atoms with van der Waals surface area (Å²) in [7, 11) is 0. The molecule has 1 aromatic heterocycles. The molecule has 266 valence electrons. The minimum atomic E-state index is 0.141. The van der Waals surface area contributed by atoms with E-state index in [2.05, 4.69) is 216 Å². The van der Waals surface area contributed by atoms with Crippen LogP contribution in [0.25, 0.3) is 61.6 Å². The van der Waals surface area contributed by atoms with Crippen LogP contribution >= 0.6 is 0 Å². The third-order valence-electron chi connectivity index (χ3n) is 12.0. The zero-order valence-corrected chi connectivity index (χ0v) is 31.1. The molecule has 2 atom stereocenters. The van der Waals surface area contributed by atoms with Crippen LogP contribution in [-0.4, -0.2) is 10.6 Å². The van der Waals surface area contributed by atoms with Crippen LogP contribution in [0.1, 0.15) is 41.1 Å². The maximum Gasteiger partial charge on any atom is 0.0637 e. The Morgan fingerprint density at radius 2 is 1.14 bits per heavy atom. The highest BCUT2D eigenvalue weighted by atomic mass is 15.2. The number of benzene rings is 7. The SMILES string of the molecule is C1=CC(c2ccc(-c3cccc(N4c5ccccc5C5c6c(n(-c7ccccc7-c7ccc(-c8ccccc8)cc7)c7ccccc67)C=CC54)c3)cc2)=CCC1. The van der Waals surface area contributed by atoms with E-state index in [1.165, 1.54) is 89.3 Å². The van der Waals surface area contributed by atoms with Crippen molar-refractivity contribution in [1.82, 2.24) is 4.57 Å². The fourth-order valence-electron chi connectivity index (χ4n) is 9.43. The number of nitrogens with zero attached hydrogens (tertiary/aromatic N) is 2. The Bertz CT molecular complexity index is 2850. The monoisotopic (exact) mass is 716 g/mol. The van der Waals surface area contributed by atoms with E-state index in [9.17, 15) is 0 Å². The molecule has 2 unspecified atom stereocenters. The number of aromatic nitrogens is 1. The molecular weight excluding hydrogens is 677 g/mol. The second kappa shape index (κ2) is 13.4. The molecule has 0 saturated carbocycles. The molecule has 0 N–H and O–H groups in total. The van der Waals surface area contributed by atoms with Gasteiger partial charge in [0.25, 0.3) is 0 Å². The molecule has 0 bridgehead atoms. The van der Waals surface area contributed by atoms with Gasteiger partial charge in [0.2, 0.25) is 0 Å². The van der Waals surface area contributed by atoms with Gasteiger partial charge in [0, 0.05) is 28.2 Å². The normalized spacial score (nSPS) is 16.7. The summed E-state index contributed by atoms with van der Waals surface area (Å²) in [5, 5.41) is 1.31. The first kappa shape index (κ1) is 32.5. The zero-order valence-electron chi connectivity index (χ0n) is 31.1. The molecule has 11 rings (SSSR count). The lowest BCUT2D eigenvalue weighted by Gasteiger charge is -2.31. The molecule has 2 nitrogen and oxygen atoms in total. The number of para-hydroxylation sites is 3. The average Bonchev–Trinajstić information content (AvgIpc) is 3.80. The van der Waals surface area contributed by atoms with Crippen molar-refractivity contribution in [2.75, 3.05) is 4.90 Å². The van der Waals surface area contributed by atoms with Gasteiger partial charge in [-0.05, 0) is 99.3 Å². The van der Waals surface area contributed by atoms with Gasteiger partial charge in [0.15, 0.2) is 0 Å². The first-order valence-electron chi connectivity index (χ1n) is 19.8. The Morgan fingerprint density at radius 1 is 0.482 bits per heavy atom. The third-order valence-corrected chi connectivity index (χ3v) is 12.0. The van der Waals surface area contributed by atoms with Gasteiger partial charge in [-0.2, -0.15) is 0 Å². The van der Waals surface area contributed by atoms with E-state index in [1.54, 1.807) is 0 Å². The highest BCUT2D eigenvalue weighted by Gasteiger charge is 2.43. The van der Waals surface area contributed by atoms with E-state index in [-0.39, 0.29) is 12.0 Å². The van der Waals surface area contributed by atoms with Crippen LogP contribution in [0, 0.1) is 0 Å². The summed E-state index contributed by atoms with van der Waals surface area (Å²) in [6, 6.07) is 64.9. The van der Waals surface area contributed by atoms with Crippen molar-refractivity contribution < 1.29 is 0 Å². The molecule has 0 saturated heterocycles. The van der Waals surface area contributed by atoms with Gasteiger partial charge in [0.05, 0.1) is 22.9 Å². The molecule has 2 aliphatic carbocycles. The van der Waals surface area contributed by atoms with Crippen molar-refractivity contribution >= 4 is 33.9 Å². The highest BCUT2D eigenvalue weighted by Crippen LogP contribution is 2.54. The summed E-state index contributed by atoms with van der Waals surface area (Å²) in [4.78, 5) is 2.57. The molecular formula is C54H40N2. The van der Waals surface area contributed by atoms with Crippen molar-refractivity contribution in [3.05, 3.63) is 223 Å². The van der Waals surface area contributed by atoms with Crippen molar-refractivity contribution in [2.45, 2.75) is 24.8 Å². The second-order valence-corrected chi connectivity index (χ2v) is 15.1. The number of anilines is 2. The van der Waals surface area contributed by atoms with Crippen LogP contribution in [0.15, 0.2) is 200 Å². The Labute approximate surface area is 328 Å². The van der Waals surface area contributed by atoms with Crippen LogP contribution in [0.5, 0.6) is 0 Å². The lowest BCUT2D eigenvalue weighted by atomic mass is 9.82. The summed E-state index contributed by atoms with van der Waals surface area (Å²) in [5.41, 5.74) is 18.9. The van der Waals surface area contributed by atoms with E-state index >= 15 is 0 Å². The molecule has 8 aromatic rings. The summed E-state index contributed by atoms with van der Waals surface area (Å²) < 4.78 is 2.51. The zero-order chi connectivity index (χ0) is 37.0. The van der Waals surface area contributed by atoms with Crippen LogP contribution < -0.4 is 4.90 Å². The Kier molecular flexibility index (Phi) is 7.81. The third kappa shape index (κ3) is 5.33. The van der Waals surface area contributed by atoms with Gasteiger partial charge in [-0.1, -0.05) is 170 Å². The van der Waals surface area contributed by atoms with Gasteiger partial charge >= 0.3 is 0 Å². The lowest BCUT2D eigenvalue weighted by Crippen LogP contribution is -2.30. The first-order valence-corrected chi connectivity index (χ1v) is 19.8. The summed E-state index contributed by atoms with van der Waals surface area (Å²) in [5.74, 6) is 0.175. The number of fused-ring (bicyclic) bond motifs is 7. The van der Waals surface area contributed by atoms with E-state index < -0.39 is 0 Å². The molecule has 56 heavy (non-hydrogen) atoms. The number of hydrogen-bond donors (Lipinski definition) is 0. The van der Waals surface area contributed by atoms with Gasteiger partial charge < -0.3 is 9.47 Å². The van der Waals surface area contributed by atoms with E-state index in [4.69, 9.17) is 0 Å². The summed E-state index contributed by atoms with van der Waals surface area (Å²) in [6.07, 6.45) is 14.0. The van der Waals surface area contributed by atoms with Gasteiger partial charge in [-0.25, -0.2) is 0 Å². The molecule has 0 spiro atoms. The first-order chi connectivity index (χ1) is 27.8. The minimum absolute atomic E-state index is 0.141. The summed E-state index contributed by atoms with van der Waals surface area (Å²) in [6.45, 7) is 0. The smallest absolute Gasteiger partial charge is 0.0637 e. The molecule has 7 aromatic carbocycles. The van der Waals surface area contributed by atoms with Crippen molar-refractivity contribution in [1.29, 1.82) is 0 Å². The molecule has 0 radical (unpaired) electrons. The van der Waals surface area contributed by atoms with Crippen molar-refractivity contribution in [3.63, 3.8) is 0 Å². The minimum Gasteiger partial charge on any atom is -0.333 e. The number of hydrogen-bond acceptors (Lipinski definition) is 1. The highest BCUT2D eigenvalue weighted by molar-refractivity contribution is 5.96. The van der Waals surface area contributed by atoms with Crippen LogP contribution in [0.2, 0.25) is 0 Å². The molecule has 2 heteroatoms.